The van der Waals surface area contributed by atoms with Gasteiger partial charge < -0.3 is 0 Å². The topological polar surface area (TPSA) is 25.8 Å². The smallest absolute Gasteiger partial charge is 0.0702 e. The Morgan fingerprint density at radius 3 is 1.71 bits per heavy atom. The first-order valence-electron chi connectivity index (χ1n) is 15.3. The van der Waals surface area contributed by atoms with Gasteiger partial charge in [0, 0.05) is 23.5 Å². The summed E-state index contributed by atoms with van der Waals surface area (Å²) in [5, 5.41) is 2.56. The van der Waals surface area contributed by atoms with Crippen molar-refractivity contribution in [1.82, 2.24) is 9.97 Å². The zero-order chi connectivity index (χ0) is 30.3. The summed E-state index contributed by atoms with van der Waals surface area (Å²) in [4.78, 5) is 9.48. The number of hydrogen-bond donors (Lipinski definition) is 0. The van der Waals surface area contributed by atoms with Crippen LogP contribution in [0.25, 0.3) is 83.4 Å². The first kappa shape index (κ1) is 26.7. The van der Waals surface area contributed by atoms with Crippen molar-refractivity contribution >= 4 is 16.3 Å². The van der Waals surface area contributed by atoms with Gasteiger partial charge in [-0.15, -0.1) is 0 Å². The third-order valence-corrected chi connectivity index (χ3v) is 8.84. The molecule has 0 bridgehead atoms. The van der Waals surface area contributed by atoms with Crippen LogP contribution in [0.1, 0.15) is 12.5 Å². The van der Waals surface area contributed by atoms with Crippen molar-refractivity contribution < 1.29 is 0 Å². The van der Waals surface area contributed by atoms with E-state index in [-0.39, 0.29) is 0 Å². The van der Waals surface area contributed by atoms with E-state index < -0.39 is 0 Å². The molecule has 0 spiro atoms. The molecule has 2 heteroatoms. The molecular weight excluding hydrogens is 544 g/mol. The molecule has 2 nitrogen and oxygen atoms in total. The first-order chi connectivity index (χ1) is 22.2. The SMILES string of the molecule is C=CC(=CC)c1cc(-c2cc(-c3ccccn3)cc(-c3ccccn3)c2)c(-c2ccccc2)c2c1-c1cccc3cccc-2c13. The highest BCUT2D eigenvalue weighted by Crippen LogP contribution is 2.56. The van der Waals surface area contributed by atoms with E-state index >= 15 is 0 Å². The summed E-state index contributed by atoms with van der Waals surface area (Å²) in [7, 11) is 0. The number of hydrogen-bond acceptors (Lipinski definition) is 2. The van der Waals surface area contributed by atoms with Crippen LogP contribution < -0.4 is 0 Å². The molecule has 0 N–H and O–H groups in total. The van der Waals surface area contributed by atoms with Gasteiger partial charge in [-0.25, -0.2) is 0 Å². The molecule has 0 saturated carbocycles. The van der Waals surface area contributed by atoms with Crippen LogP contribution in [-0.2, 0) is 0 Å². The summed E-state index contributed by atoms with van der Waals surface area (Å²) in [5.41, 5.74) is 16.0. The number of fused-ring (bicyclic) bond motifs is 3. The van der Waals surface area contributed by atoms with Gasteiger partial charge in [-0.3, -0.25) is 9.97 Å². The van der Waals surface area contributed by atoms with Crippen molar-refractivity contribution in [2.45, 2.75) is 6.92 Å². The van der Waals surface area contributed by atoms with Crippen LogP contribution in [0, 0.1) is 0 Å². The van der Waals surface area contributed by atoms with E-state index in [0.29, 0.717) is 0 Å². The second kappa shape index (κ2) is 11.0. The van der Waals surface area contributed by atoms with E-state index in [9.17, 15) is 0 Å². The van der Waals surface area contributed by atoms with Crippen molar-refractivity contribution in [3.8, 4) is 67.0 Å². The first-order valence-corrected chi connectivity index (χ1v) is 15.3. The lowest BCUT2D eigenvalue weighted by Crippen LogP contribution is -1.97. The van der Waals surface area contributed by atoms with Gasteiger partial charge in [0.2, 0.25) is 0 Å². The van der Waals surface area contributed by atoms with E-state index in [0.717, 1.165) is 39.2 Å². The van der Waals surface area contributed by atoms with Crippen LogP contribution >= 0.6 is 0 Å². The third kappa shape index (κ3) is 4.42. The van der Waals surface area contributed by atoms with E-state index in [2.05, 4.69) is 123 Å². The van der Waals surface area contributed by atoms with Crippen molar-refractivity contribution in [2.75, 3.05) is 0 Å². The maximum absolute atomic E-state index is 4.74. The normalized spacial score (nSPS) is 11.9. The molecule has 2 aromatic heterocycles. The van der Waals surface area contributed by atoms with Gasteiger partial charge in [-0.2, -0.15) is 0 Å². The summed E-state index contributed by atoms with van der Waals surface area (Å²) in [6, 6.07) is 45.4. The van der Waals surface area contributed by atoms with Gasteiger partial charge >= 0.3 is 0 Å². The van der Waals surface area contributed by atoms with Crippen molar-refractivity contribution in [3.05, 3.63) is 164 Å². The molecule has 7 aromatic rings. The number of benzene rings is 5. The van der Waals surface area contributed by atoms with Crippen molar-refractivity contribution in [1.29, 1.82) is 0 Å². The molecule has 5 aromatic carbocycles. The van der Waals surface area contributed by atoms with E-state index in [4.69, 9.17) is 9.97 Å². The predicted octanol–water partition coefficient (Wildman–Crippen LogP) is 11.5. The Bertz CT molecular complexity index is 2200. The van der Waals surface area contributed by atoms with Crippen LogP contribution in [0.3, 0.4) is 0 Å². The van der Waals surface area contributed by atoms with E-state index in [1.807, 2.05) is 42.7 Å². The second-order valence-electron chi connectivity index (χ2n) is 11.3. The van der Waals surface area contributed by atoms with Crippen LogP contribution in [0.15, 0.2) is 159 Å². The predicted molar refractivity (Wildman–Crippen MR) is 190 cm³/mol. The molecule has 45 heavy (non-hydrogen) atoms. The largest absolute Gasteiger partial charge is 0.256 e. The molecule has 0 amide bonds. The highest BCUT2D eigenvalue weighted by Gasteiger charge is 2.30. The quantitative estimate of drug-likeness (QED) is 0.185. The molecule has 0 saturated heterocycles. The number of nitrogens with zero attached hydrogens (tertiary/aromatic N) is 2. The van der Waals surface area contributed by atoms with Gasteiger partial charge in [0.25, 0.3) is 0 Å². The Morgan fingerprint density at radius 2 is 1.13 bits per heavy atom. The van der Waals surface area contributed by atoms with E-state index in [1.165, 1.54) is 49.7 Å². The monoisotopic (exact) mass is 574 g/mol. The minimum atomic E-state index is 0.927. The fraction of sp³-hybridized carbons (Fsp3) is 0.0233. The molecular formula is C43H30N2. The molecule has 2 heterocycles. The Morgan fingerprint density at radius 1 is 0.533 bits per heavy atom. The maximum atomic E-state index is 4.74. The standard InChI is InChI=1S/C43H30N2/c1-3-28(4-2)36-27-37(31-24-32(38-20-8-10-22-44-38)26-33(25-31)39-21-9-11-23-45-39)41(30-14-6-5-7-15-30)43-35-19-13-17-29-16-12-18-34(40(29)35)42(36)43/h3-27H,1H2,2H3. The Labute approximate surface area is 263 Å². The summed E-state index contributed by atoms with van der Waals surface area (Å²) in [6.07, 6.45) is 7.85. The third-order valence-electron chi connectivity index (χ3n) is 8.84. The lowest BCUT2D eigenvalue weighted by Gasteiger charge is -2.22. The number of pyridine rings is 2. The van der Waals surface area contributed by atoms with Crippen LogP contribution in [-0.4, -0.2) is 9.97 Å². The minimum Gasteiger partial charge on any atom is -0.256 e. The molecule has 212 valence electrons. The number of rotatable bonds is 6. The summed E-state index contributed by atoms with van der Waals surface area (Å²) in [6.45, 7) is 6.33. The van der Waals surface area contributed by atoms with Gasteiger partial charge in [0.15, 0.2) is 0 Å². The molecule has 0 unspecified atom stereocenters. The zero-order valence-electron chi connectivity index (χ0n) is 25.0. The molecule has 1 aliphatic carbocycles. The molecule has 0 aliphatic heterocycles. The Kier molecular flexibility index (Phi) is 6.54. The molecule has 0 fully saturated rings. The van der Waals surface area contributed by atoms with Gasteiger partial charge in [0.05, 0.1) is 11.4 Å². The Balaban J connectivity index is 1.54. The Hall–Kier alpha value is -5.86. The summed E-state index contributed by atoms with van der Waals surface area (Å²) >= 11 is 0. The van der Waals surface area contributed by atoms with Crippen molar-refractivity contribution in [2.24, 2.45) is 0 Å². The van der Waals surface area contributed by atoms with Gasteiger partial charge in [0.1, 0.15) is 0 Å². The highest BCUT2D eigenvalue weighted by atomic mass is 14.7. The highest BCUT2D eigenvalue weighted by molar-refractivity contribution is 6.22. The average molecular weight is 575 g/mol. The molecule has 8 rings (SSSR count). The lowest BCUT2D eigenvalue weighted by molar-refractivity contribution is 1.31. The van der Waals surface area contributed by atoms with Crippen LogP contribution in [0.4, 0.5) is 0 Å². The molecule has 1 aliphatic rings. The summed E-state index contributed by atoms with van der Waals surface area (Å²) in [5.74, 6) is 0. The van der Waals surface area contributed by atoms with Crippen LogP contribution in [0.2, 0.25) is 0 Å². The maximum Gasteiger partial charge on any atom is 0.0702 e. The van der Waals surface area contributed by atoms with Gasteiger partial charge in [-0.05, 0) is 122 Å². The second-order valence-corrected chi connectivity index (χ2v) is 11.3. The van der Waals surface area contributed by atoms with Crippen molar-refractivity contribution in [3.63, 3.8) is 0 Å². The number of aromatic nitrogens is 2. The minimum absolute atomic E-state index is 0.927. The fourth-order valence-corrected chi connectivity index (χ4v) is 6.88. The molecule has 0 atom stereocenters. The number of allylic oxidation sites excluding steroid dienone is 3. The van der Waals surface area contributed by atoms with Gasteiger partial charge in [-0.1, -0.05) is 97.6 Å². The zero-order valence-corrected chi connectivity index (χ0v) is 25.0. The van der Waals surface area contributed by atoms with Crippen LogP contribution in [0.5, 0.6) is 0 Å². The average Bonchev–Trinajstić information content (AvgIpc) is 3.45. The fourth-order valence-electron chi connectivity index (χ4n) is 6.88. The molecule has 0 radical (unpaired) electrons. The lowest BCUT2D eigenvalue weighted by atomic mass is 9.81. The summed E-state index contributed by atoms with van der Waals surface area (Å²) < 4.78 is 0. The van der Waals surface area contributed by atoms with E-state index in [1.54, 1.807) is 0 Å².